The van der Waals surface area contributed by atoms with Crippen molar-refractivity contribution < 1.29 is 9.84 Å². The van der Waals surface area contributed by atoms with E-state index >= 15 is 0 Å². The molecule has 0 aliphatic heterocycles. The number of aliphatic hydroxyl groups is 1. The Bertz CT molecular complexity index is 352. The van der Waals surface area contributed by atoms with Crippen LogP contribution in [0.25, 0.3) is 0 Å². The van der Waals surface area contributed by atoms with Gasteiger partial charge in [-0.15, -0.1) is 0 Å². The maximum atomic E-state index is 9.48. The Labute approximate surface area is 111 Å². The third kappa shape index (κ3) is 4.69. The van der Waals surface area contributed by atoms with Crippen LogP contribution in [0.1, 0.15) is 52.5 Å². The Morgan fingerprint density at radius 3 is 2.50 bits per heavy atom. The Morgan fingerprint density at radius 2 is 1.89 bits per heavy atom. The van der Waals surface area contributed by atoms with E-state index in [0.717, 1.165) is 25.0 Å². The van der Waals surface area contributed by atoms with Crippen LogP contribution in [0.2, 0.25) is 0 Å². The maximum Gasteiger partial charge on any atom is 0.123 e. The van der Waals surface area contributed by atoms with E-state index in [1.54, 1.807) is 0 Å². The van der Waals surface area contributed by atoms with Crippen molar-refractivity contribution in [1.82, 2.24) is 0 Å². The lowest BCUT2D eigenvalue weighted by molar-refractivity contribution is 0.148. The molecule has 102 valence electrons. The summed E-state index contributed by atoms with van der Waals surface area (Å²) in [6.45, 7) is 9.24. The summed E-state index contributed by atoms with van der Waals surface area (Å²) < 4.78 is 5.85. The number of rotatable bonds is 6. The van der Waals surface area contributed by atoms with Crippen molar-refractivity contribution in [1.29, 1.82) is 0 Å². The highest BCUT2D eigenvalue weighted by Gasteiger charge is 2.18. The van der Waals surface area contributed by atoms with Gasteiger partial charge in [-0.3, -0.25) is 0 Å². The Hall–Kier alpha value is -1.02. The molecule has 1 atom stereocenters. The summed E-state index contributed by atoms with van der Waals surface area (Å²) >= 11 is 0. The molecule has 1 rings (SSSR count). The van der Waals surface area contributed by atoms with Crippen LogP contribution in [0, 0.1) is 0 Å². The molecule has 1 N–H and O–H groups in total. The largest absolute Gasteiger partial charge is 0.493 e. The molecule has 0 amide bonds. The van der Waals surface area contributed by atoms with Gasteiger partial charge in [-0.05, 0) is 36.3 Å². The maximum absolute atomic E-state index is 9.48. The van der Waals surface area contributed by atoms with Crippen LogP contribution in [0.3, 0.4) is 0 Å². The molecule has 18 heavy (non-hydrogen) atoms. The van der Waals surface area contributed by atoms with Gasteiger partial charge in [0.25, 0.3) is 0 Å². The van der Waals surface area contributed by atoms with E-state index in [-0.39, 0.29) is 11.5 Å². The van der Waals surface area contributed by atoms with Crippen molar-refractivity contribution in [2.24, 2.45) is 0 Å². The van der Waals surface area contributed by atoms with Gasteiger partial charge in [0.1, 0.15) is 5.75 Å². The van der Waals surface area contributed by atoms with Crippen molar-refractivity contribution in [3.05, 3.63) is 29.8 Å². The molecule has 0 aliphatic carbocycles. The second kappa shape index (κ2) is 6.79. The zero-order valence-corrected chi connectivity index (χ0v) is 12.1. The van der Waals surface area contributed by atoms with Gasteiger partial charge in [0.15, 0.2) is 0 Å². The fourth-order valence-corrected chi connectivity index (χ4v) is 1.92. The molecule has 1 aromatic rings. The van der Waals surface area contributed by atoms with Crippen LogP contribution in [-0.4, -0.2) is 17.8 Å². The normalized spacial score (nSPS) is 13.4. The molecule has 0 bridgehead atoms. The van der Waals surface area contributed by atoms with Crippen molar-refractivity contribution in [3.63, 3.8) is 0 Å². The number of hydrogen-bond donors (Lipinski definition) is 1. The smallest absolute Gasteiger partial charge is 0.123 e. The molecule has 1 aromatic carbocycles. The Balaban J connectivity index is 2.52. The van der Waals surface area contributed by atoms with Crippen LogP contribution in [0.4, 0.5) is 0 Å². The van der Waals surface area contributed by atoms with Gasteiger partial charge in [-0.2, -0.15) is 0 Å². The molecule has 1 unspecified atom stereocenters. The topological polar surface area (TPSA) is 29.5 Å². The Morgan fingerprint density at radius 1 is 1.22 bits per heavy atom. The highest BCUT2D eigenvalue weighted by atomic mass is 16.5. The van der Waals surface area contributed by atoms with Gasteiger partial charge in [0.05, 0.1) is 12.7 Å². The van der Waals surface area contributed by atoms with Gasteiger partial charge in [-0.25, -0.2) is 0 Å². The van der Waals surface area contributed by atoms with Gasteiger partial charge in [0, 0.05) is 0 Å². The quantitative estimate of drug-likeness (QED) is 0.776. The van der Waals surface area contributed by atoms with Crippen LogP contribution in [0.5, 0.6) is 5.75 Å². The summed E-state index contributed by atoms with van der Waals surface area (Å²) in [5, 5.41) is 9.48. The first-order valence-corrected chi connectivity index (χ1v) is 6.85. The minimum atomic E-state index is -0.188. The van der Waals surface area contributed by atoms with Gasteiger partial charge in [-0.1, -0.05) is 45.9 Å². The molecule has 2 nitrogen and oxygen atoms in total. The second-order valence-corrected chi connectivity index (χ2v) is 5.80. The number of aliphatic hydroxyl groups excluding tert-OH is 1. The third-order valence-corrected chi connectivity index (χ3v) is 3.11. The molecule has 0 aromatic heterocycles. The zero-order valence-electron chi connectivity index (χ0n) is 12.1. The van der Waals surface area contributed by atoms with Crippen LogP contribution < -0.4 is 4.74 Å². The predicted molar refractivity (Wildman–Crippen MR) is 76.2 cm³/mol. The summed E-state index contributed by atoms with van der Waals surface area (Å²) in [6, 6.07) is 8.20. The molecular formula is C16H26O2. The van der Waals surface area contributed by atoms with Gasteiger partial charge < -0.3 is 9.84 Å². The fourth-order valence-electron chi connectivity index (χ4n) is 1.92. The average Bonchev–Trinajstić information content (AvgIpc) is 2.33. The predicted octanol–water partition coefficient (Wildman–Crippen LogP) is 3.91. The molecule has 0 saturated heterocycles. The zero-order chi connectivity index (χ0) is 13.6. The molecular weight excluding hydrogens is 224 g/mol. The summed E-state index contributed by atoms with van der Waals surface area (Å²) in [5.74, 6) is 0.969. The molecule has 0 saturated carbocycles. The van der Waals surface area contributed by atoms with Crippen molar-refractivity contribution in [3.8, 4) is 5.75 Å². The van der Waals surface area contributed by atoms with Crippen molar-refractivity contribution in [2.75, 3.05) is 6.61 Å². The van der Waals surface area contributed by atoms with E-state index in [1.807, 2.05) is 25.1 Å². The Kier molecular flexibility index (Phi) is 5.67. The standard InChI is InChI=1S/C16H26O2/c1-5-13(17)9-8-12-18-15-11-7-6-10-14(15)16(2,3)4/h6-7,10-11,13,17H,5,8-9,12H2,1-4H3. The molecule has 0 fully saturated rings. The lowest BCUT2D eigenvalue weighted by atomic mass is 9.86. The molecule has 0 spiro atoms. The van der Waals surface area contributed by atoms with E-state index in [2.05, 4.69) is 26.8 Å². The van der Waals surface area contributed by atoms with E-state index in [0.29, 0.717) is 6.61 Å². The highest BCUT2D eigenvalue weighted by molar-refractivity contribution is 5.38. The first kappa shape index (κ1) is 15.0. The lowest BCUT2D eigenvalue weighted by Gasteiger charge is -2.22. The molecule has 2 heteroatoms. The van der Waals surface area contributed by atoms with Crippen LogP contribution in [0.15, 0.2) is 24.3 Å². The van der Waals surface area contributed by atoms with Gasteiger partial charge in [0.2, 0.25) is 0 Å². The summed E-state index contributed by atoms with van der Waals surface area (Å²) in [4.78, 5) is 0. The SMILES string of the molecule is CCC(O)CCCOc1ccccc1C(C)(C)C. The number of benzene rings is 1. The number of hydrogen-bond acceptors (Lipinski definition) is 2. The molecule has 0 heterocycles. The fraction of sp³-hybridized carbons (Fsp3) is 0.625. The number of para-hydroxylation sites is 1. The third-order valence-electron chi connectivity index (χ3n) is 3.11. The summed E-state index contributed by atoms with van der Waals surface area (Å²) in [6.07, 6.45) is 2.34. The van der Waals surface area contributed by atoms with Crippen molar-refractivity contribution in [2.45, 2.75) is 58.5 Å². The minimum absolute atomic E-state index is 0.0968. The van der Waals surface area contributed by atoms with E-state index < -0.39 is 0 Å². The highest BCUT2D eigenvalue weighted by Crippen LogP contribution is 2.30. The van der Waals surface area contributed by atoms with Crippen LogP contribution in [-0.2, 0) is 5.41 Å². The van der Waals surface area contributed by atoms with Crippen molar-refractivity contribution >= 4 is 0 Å². The monoisotopic (exact) mass is 250 g/mol. The summed E-state index contributed by atoms with van der Waals surface area (Å²) in [7, 11) is 0. The van der Waals surface area contributed by atoms with E-state index in [9.17, 15) is 5.11 Å². The average molecular weight is 250 g/mol. The second-order valence-electron chi connectivity index (χ2n) is 5.80. The molecule has 0 aliphatic rings. The first-order chi connectivity index (χ1) is 8.45. The van der Waals surface area contributed by atoms with E-state index in [1.165, 1.54) is 5.56 Å². The van der Waals surface area contributed by atoms with Crippen LogP contribution >= 0.6 is 0 Å². The minimum Gasteiger partial charge on any atom is -0.493 e. The van der Waals surface area contributed by atoms with Gasteiger partial charge >= 0.3 is 0 Å². The number of ether oxygens (including phenoxy) is 1. The van der Waals surface area contributed by atoms with E-state index in [4.69, 9.17) is 4.74 Å². The molecule has 0 radical (unpaired) electrons. The lowest BCUT2D eigenvalue weighted by Crippen LogP contribution is -2.14. The summed E-state index contributed by atoms with van der Waals surface area (Å²) in [5.41, 5.74) is 1.33. The first-order valence-electron chi connectivity index (χ1n) is 6.85.